The Balaban J connectivity index is 2.39. The predicted octanol–water partition coefficient (Wildman–Crippen LogP) is 2.12. The third-order valence-corrected chi connectivity index (χ3v) is 2.18. The minimum Gasteiger partial charge on any atom is -0.361 e. The summed E-state index contributed by atoms with van der Waals surface area (Å²) in [6.07, 6.45) is 0.518. The van der Waals surface area contributed by atoms with Crippen LogP contribution in [-0.2, 0) is 6.42 Å². The van der Waals surface area contributed by atoms with Crippen LogP contribution >= 0.6 is 0 Å². The van der Waals surface area contributed by atoms with Crippen molar-refractivity contribution >= 4 is 0 Å². The number of halogens is 2. The highest BCUT2D eigenvalue weighted by Gasteiger charge is 2.13. The molecule has 2 rings (SSSR count). The lowest BCUT2D eigenvalue weighted by atomic mass is 10.1. The standard InChI is InChI=1S/C11H10F2N2O/c12-9-3-1-2-8(11(9)13)10-6-7(4-5-14)16-15-10/h1-3,6H,4-5,14H2. The number of hydrogen-bond donors (Lipinski definition) is 1. The van der Waals surface area contributed by atoms with Crippen molar-refractivity contribution in [2.45, 2.75) is 6.42 Å². The van der Waals surface area contributed by atoms with Gasteiger partial charge in [-0.3, -0.25) is 0 Å². The number of rotatable bonds is 3. The van der Waals surface area contributed by atoms with Crippen LogP contribution in [0.2, 0.25) is 0 Å². The van der Waals surface area contributed by atoms with Crippen LogP contribution in [0.1, 0.15) is 5.76 Å². The summed E-state index contributed by atoms with van der Waals surface area (Å²) >= 11 is 0. The van der Waals surface area contributed by atoms with E-state index in [1.807, 2.05) is 0 Å². The first-order valence-electron chi connectivity index (χ1n) is 4.82. The molecular weight excluding hydrogens is 214 g/mol. The van der Waals surface area contributed by atoms with E-state index < -0.39 is 11.6 Å². The molecule has 1 aromatic heterocycles. The molecule has 0 atom stereocenters. The Morgan fingerprint density at radius 2 is 2.12 bits per heavy atom. The zero-order valence-corrected chi connectivity index (χ0v) is 8.41. The van der Waals surface area contributed by atoms with E-state index >= 15 is 0 Å². The molecule has 84 valence electrons. The molecule has 0 radical (unpaired) electrons. The molecule has 0 amide bonds. The predicted molar refractivity (Wildman–Crippen MR) is 54.6 cm³/mol. The van der Waals surface area contributed by atoms with Crippen LogP contribution in [0.25, 0.3) is 11.3 Å². The maximum atomic E-state index is 13.4. The van der Waals surface area contributed by atoms with Crippen LogP contribution in [-0.4, -0.2) is 11.7 Å². The lowest BCUT2D eigenvalue weighted by Gasteiger charge is -1.98. The van der Waals surface area contributed by atoms with Gasteiger partial charge in [-0.05, 0) is 18.7 Å². The minimum absolute atomic E-state index is 0.0898. The van der Waals surface area contributed by atoms with E-state index in [1.54, 1.807) is 6.07 Å². The number of aromatic nitrogens is 1. The van der Waals surface area contributed by atoms with E-state index in [-0.39, 0.29) is 11.3 Å². The van der Waals surface area contributed by atoms with Gasteiger partial charge in [0.05, 0.1) is 0 Å². The second kappa shape index (κ2) is 4.40. The zero-order chi connectivity index (χ0) is 11.5. The normalized spacial score (nSPS) is 10.7. The van der Waals surface area contributed by atoms with E-state index in [4.69, 9.17) is 10.3 Å². The molecule has 2 N–H and O–H groups in total. The first kappa shape index (κ1) is 10.8. The van der Waals surface area contributed by atoms with Crippen molar-refractivity contribution < 1.29 is 13.3 Å². The summed E-state index contributed by atoms with van der Waals surface area (Å²) in [6, 6.07) is 5.48. The van der Waals surface area contributed by atoms with Gasteiger partial charge in [0.2, 0.25) is 0 Å². The number of hydrogen-bond acceptors (Lipinski definition) is 3. The van der Waals surface area contributed by atoms with Gasteiger partial charge in [0.15, 0.2) is 11.6 Å². The van der Waals surface area contributed by atoms with Crippen molar-refractivity contribution in [3.63, 3.8) is 0 Å². The van der Waals surface area contributed by atoms with Crippen LogP contribution in [0, 0.1) is 11.6 Å². The molecule has 0 fully saturated rings. The van der Waals surface area contributed by atoms with E-state index in [2.05, 4.69) is 5.16 Å². The van der Waals surface area contributed by atoms with Crippen molar-refractivity contribution in [3.05, 3.63) is 41.7 Å². The van der Waals surface area contributed by atoms with Crippen LogP contribution < -0.4 is 5.73 Å². The second-order valence-electron chi connectivity index (χ2n) is 3.32. The van der Waals surface area contributed by atoms with Crippen molar-refractivity contribution in [2.24, 2.45) is 5.73 Å². The van der Waals surface area contributed by atoms with Gasteiger partial charge in [0.25, 0.3) is 0 Å². The topological polar surface area (TPSA) is 52.0 Å². The first-order valence-corrected chi connectivity index (χ1v) is 4.82. The van der Waals surface area contributed by atoms with Crippen LogP contribution in [0.4, 0.5) is 8.78 Å². The zero-order valence-electron chi connectivity index (χ0n) is 8.41. The highest BCUT2D eigenvalue weighted by Crippen LogP contribution is 2.23. The van der Waals surface area contributed by atoms with Crippen LogP contribution in [0.3, 0.4) is 0 Å². The summed E-state index contributed by atoms with van der Waals surface area (Å²) in [5.41, 5.74) is 5.71. The van der Waals surface area contributed by atoms with Crippen molar-refractivity contribution in [1.29, 1.82) is 0 Å². The molecule has 0 aliphatic rings. The first-order chi connectivity index (χ1) is 7.72. The Kier molecular flexibility index (Phi) is 2.96. The fourth-order valence-electron chi connectivity index (χ4n) is 1.40. The van der Waals surface area contributed by atoms with Gasteiger partial charge in [0.1, 0.15) is 11.5 Å². The molecule has 0 unspecified atom stereocenters. The molecule has 0 aliphatic heterocycles. The fourth-order valence-corrected chi connectivity index (χ4v) is 1.40. The quantitative estimate of drug-likeness (QED) is 0.868. The molecule has 2 aromatic rings. The van der Waals surface area contributed by atoms with Gasteiger partial charge in [-0.2, -0.15) is 0 Å². The van der Waals surface area contributed by atoms with E-state index in [0.29, 0.717) is 18.7 Å². The Morgan fingerprint density at radius 1 is 1.31 bits per heavy atom. The van der Waals surface area contributed by atoms with Gasteiger partial charge in [0, 0.05) is 18.1 Å². The molecule has 0 aliphatic carbocycles. The molecule has 0 bridgehead atoms. The van der Waals surface area contributed by atoms with Crippen molar-refractivity contribution in [1.82, 2.24) is 5.16 Å². The van der Waals surface area contributed by atoms with E-state index in [0.717, 1.165) is 6.07 Å². The third-order valence-electron chi connectivity index (χ3n) is 2.18. The lowest BCUT2D eigenvalue weighted by Crippen LogP contribution is -2.01. The Labute approximate surface area is 90.9 Å². The van der Waals surface area contributed by atoms with Crippen LogP contribution in [0.15, 0.2) is 28.8 Å². The number of nitrogens with two attached hydrogens (primary N) is 1. The highest BCUT2D eigenvalue weighted by atomic mass is 19.2. The van der Waals surface area contributed by atoms with Gasteiger partial charge in [-0.25, -0.2) is 8.78 Å². The molecule has 0 spiro atoms. The van der Waals surface area contributed by atoms with Gasteiger partial charge >= 0.3 is 0 Å². The van der Waals surface area contributed by atoms with Crippen molar-refractivity contribution in [3.8, 4) is 11.3 Å². The third kappa shape index (κ3) is 1.94. The lowest BCUT2D eigenvalue weighted by molar-refractivity contribution is 0.386. The molecule has 3 nitrogen and oxygen atoms in total. The molecule has 0 saturated carbocycles. The summed E-state index contributed by atoms with van der Waals surface area (Å²) in [6.45, 7) is 0.417. The monoisotopic (exact) mass is 224 g/mol. The maximum Gasteiger partial charge on any atom is 0.168 e. The summed E-state index contributed by atoms with van der Waals surface area (Å²) in [4.78, 5) is 0. The Morgan fingerprint density at radius 3 is 2.88 bits per heavy atom. The molecule has 0 saturated heterocycles. The van der Waals surface area contributed by atoms with Gasteiger partial charge in [-0.15, -0.1) is 0 Å². The highest BCUT2D eigenvalue weighted by molar-refractivity contribution is 5.59. The van der Waals surface area contributed by atoms with Crippen molar-refractivity contribution in [2.75, 3.05) is 6.54 Å². The molecule has 1 aromatic carbocycles. The largest absolute Gasteiger partial charge is 0.361 e. The Hall–Kier alpha value is -1.75. The smallest absolute Gasteiger partial charge is 0.168 e. The Bertz CT molecular complexity index is 496. The average molecular weight is 224 g/mol. The van der Waals surface area contributed by atoms with Gasteiger partial charge in [-0.1, -0.05) is 11.2 Å². The summed E-state index contributed by atoms with van der Waals surface area (Å²) in [5, 5.41) is 3.67. The van der Waals surface area contributed by atoms with E-state index in [1.165, 1.54) is 12.1 Å². The van der Waals surface area contributed by atoms with Crippen LogP contribution in [0.5, 0.6) is 0 Å². The number of benzene rings is 1. The minimum atomic E-state index is -0.921. The molecule has 5 heteroatoms. The second-order valence-corrected chi connectivity index (χ2v) is 3.32. The maximum absolute atomic E-state index is 13.4. The van der Waals surface area contributed by atoms with E-state index in [9.17, 15) is 8.78 Å². The molecule has 1 heterocycles. The summed E-state index contributed by atoms with van der Waals surface area (Å²) < 4.78 is 31.3. The summed E-state index contributed by atoms with van der Waals surface area (Å²) in [7, 11) is 0. The number of nitrogens with zero attached hydrogens (tertiary/aromatic N) is 1. The summed E-state index contributed by atoms with van der Waals surface area (Å²) in [5.74, 6) is -1.27. The molecular formula is C11H10F2N2O. The SMILES string of the molecule is NCCc1cc(-c2cccc(F)c2F)no1. The molecule has 16 heavy (non-hydrogen) atoms. The van der Waals surface area contributed by atoms with Gasteiger partial charge < -0.3 is 10.3 Å². The fraction of sp³-hybridized carbons (Fsp3) is 0.182. The average Bonchev–Trinajstić information content (AvgIpc) is 2.71.